The summed E-state index contributed by atoms with van der Waals surface area (Å²) in [5.74, 6) is 0.108. The quantitative estimate of drug-likeness (QED) is 0.700. The van der Waals surface area contributed by atoms with Crippen LogP contribution >= 0.6 is 0 Å². The summed E-state index contributed by atoms with van der Waals surface area (Å²) in [6.45, 7) is 4.09. The van der Waals surface area contributed by atoms with Gasteiger partial charge in [0.1, 0.15) is 0 Å². The van der Waals surface area contributed by atoms with Crippen molar-refractivity contribution < 1.29 is 5.11 Å². The van der Waals surface area contributed by atoms with Crippen LogP contribution in [0.5, 0.6) is 0 Å². The molecule has 0 bridgehead atoms. The molecule has 0 aliphatic carbocycles. The molecule has 0 aliphatic rings. The molecule has 96 valence electrons. The second-order valence-corrected chi connectivity index (χ2v) is 4.79. The molecule has 0 atom stereocenters. The first kappa shape index (κ1) is 13.4. The van der Waals surface area contributed by atoms with E-state index in [4.69, 9.17) is 5.11 Å². The van der Waals surface area contributed by atoms with Crippen LogP contribution in [0.15, 0.2) is 9.59 Å². The van der Waals surface area contributed by atoms with Crippen molar-refractivity contribution in [1.82, 2.24) is 14.3 Å². The van der Waals surface area contributed by atoms with Gasteiger partial charge in [-0.25, -0.2) is 9.48 Å². The van der Waals surface area contributed by atoms with Gasteiger partial charge < -0.3 is 10.4 Å². The van der Waals surface area contributed by atoms with Gasteiger partial charge in [0.25, 0.3) is 5.56 Å². The molecular formula is C10H18N4O3. The van der Waals surface area contributed by atoms with E-state index in [1.807, 2.05) is 13.8 Å². The molecule has 0 aromatic carbocycles. The van der Waals surface area contributed by atoms with Crippen LogP contribution in [0.2, 0.25) is 0 Å². The predicted octanol–water partition coefficient (Wildman–Crippen LogP) is -1.09. The van der Waals surface area contributed by atoms with E-state index in [-0.39, 0.29) is 17.8 Å². The molecule has 0 amide bonds. The van der Waals surface area contributed by atoms with Crippen LogP contribution in [-0.4, -0.2) is 32.6 Å². The summed E-state index contributed by atoms with van der Waals surface area (Å²) in [6, 6.07) is 0. The fourth-order valence-electron chi connectivity index (χ4n) is 1.19. The molecule has 0 saturated carbocycles. The van der Waals surface area contributed by atoms with Gasteiger partial charge in [0, 0.05) is 32.7 Å². The Hall–Kier alpha value is -1.63. The zero-order chi connectivity index (χ0) is 13.2. The summed E-state index contributed by atoms with van der Waals surface area (Å²) in [5, 5.41) is 15.8. The number of hydrogen-bond acceptors (Lipinski definition) is 5. The van der Waals surface area contributed by atoms with Crippen LogP contribution in [0.4, 0.5) is 5.82 Å². The topological polar surface area (TPSA) is 89.2 Å². The monoisotopic (exact) mass is 242 g/mol. The lowest BCUT2D eigenvalue weighted by Gasteiger charge is -2.21. The van der Waals surface area contributed by atoms with Crippen molar-refractivity contribution in [2.24, 2.45) is 19.5 Å². The lowest BCUT2D eigenvalue weighted by atomic mass is 9.95. The summed E-state index contributed by atoms with van der Waals surface area (Å²) >= 11 is 0. The molecule has 0 saturated heterocycles. The SMILES string of the molecule is Cn1nc(NCC(C)(C)CO)c(=O)n(C)c1=O. The van der Waals surface area contributed by atoms with Gasteiger partial charge in [-0.1, -0.05) is 13.8 Å². The molecule has 0 aliphatic heterocycles. The minimum absolute atomic E-state index is 0.00786. The third-order valence-corrected chi connectivity index (χ3v) is 2.48. The van der Waals surface area contributed by atoms with E-state index in [0.29, 0.717) is 6.54 Å². The summed E-state index contributed by atoms with van der Waals surface area (Å²) in [5.41, 5.74) is -1.30. The average molecular weight is 242 g/mol. The van der Waals surface area contributed by atoms with Gasteiger partial charge >= 0.3 is 5.69 Å². The molecule has 1 heterocycles. The molecule has 7 nitrogen and oxygen atoms in total. The highest BCUT2D eigenvalue weighted by Gasteiger charge is 2.18. The van der Waals surface area contributed by atoms with Crippen LogP contribution in [0.3, 0.4) is 0 Å². The van der Waals surface area contributed by atoms with Crippen molar-refractivity contribution in [3.63, 3.8) is 0 Å². The second kappa shape index (κ2) is 4.70. The number of nitrogens with zero attached hydrogens (tertiary/aromatic N) is 3. The van der Waals surface area contributed by atoms with E-state index < -0.39 is 11.2 Å². The average Bonchev–Trinajstić information content (AvgIpc) is 2.29. The van der Waals surface area contributed by atoms with Gasteiger partial charge in [-0.2, -0.15) is 0 Å². The van der Waals surface area contributed by atoms with Crippen LogP contribution in [0.1, 0.15) is 13.8 Å². The van der Waals surface area contributed by atoms with E-state index in [0.717, 1.165) is 9.25 Å². The number of aryl methyl sites for hydroxylation is 1. The normalized spacial score (nSPS) is 11.6. The van der Waals surface area contributed by atoms with Crippen molar-refractivity contribution in [2.75, 3.05) is 18.5 Å². The fraction of sp³-hybridized carbons (Fsp3) is 0.700. The summed E-state index contributed by atoms with van der Waals surface area (Å²) in [4.78, 5) is 23.1. The van der Waals surface area contributed by atoms with Crippen LogP contribution in [0.25, 0.3) is 0 Å². The summed E-state index contributed by atoms with van der Waals surface area (Å²) in [6.07, 6.45) is 0. The molecule has 1 aromatic heterocycles. The Bertz CT molecular complexity index is 515. The Morgan fingerprint density at radius 2 is 1.94 bits per heavy atom. The molecule has 7 heteroatoms. The molecule has 1 rings (SSSR count). The van der Waals surface area contributed by atoms with Gasteiger partial charge in [-0.05, 0) is 0 Å². The van der Waals surface area contributed by atoms with Crippen LogP contribution in [0, 0.1) is 5.41 Å². The van der Waals surface area contributed by atoms with E-state index in [1.165, 1.54) is 14.1 Å². The van der Waals surface area contributed by atoms with Gasteiger partial charge in [0.05, 0.1) is 0 Å². The maximum absolute atomic E-state index is 11.7. The van der Waals surface area contributed by atoms with Gasteiger partial charge in [-0.3, -0.25) is 9.36 Å². The summed E-state index contributed by atoms with van der Waals surface area (Å²) in [7, 11) is 2.87. The minimum atomic E-state index is -0.471. The van der Waals surface area contributed by atoms with Crippen molar-refractivity contribution in [3.8, 4) is 0 Å². The van der Waals surface area contributed by atoms with Gasteiger partial charge in [-0.15, -0.1) is 5.10 Å². The largest absolute Gasteiger partial charge is 0.396 e. The Balaban J connectivity index is 3.02. The molecule has 0 fully saturated rings. The van der Waals surface area contributed by atoms with Crippen LogP contribution < -0.4 is 16.6 Å². The zero-order valence-electron chi connectivity index (χ0n) is 10.5. The van der Waals surface area contributed by atoms with Gasteiger partial charge in [0.2, 0.25) is 5.82 Å². The summed E-state index contributed by atoms with van der Waals surface area (Å²) < 4.78 is 2.08. The number of nitrogens with one attached hydrogen (secondary N) is 1. The molecule has 17 heavy (non-hydrogen) atoms. The zero-order valence-corrected chi connectivity index (χ0v) is 10.5. The van der Waals surface area contributed by atoms with Crippen molar-refractivity contribution in [2.45, 2.75) is 13.8 Å². The predicted molar refractivity (Wildman–Crippen MR) is 64.1 cm³/mol. The third-order valence-electron chi connectivity index (χ3n) is 2.48. The lowest BCUT2D eigenvalue weighted by Crippen LogP contribution is -2.41. The van der Waals surface area contributed by atoms with E-state index >= 15 is 0 Å². The van der Waals surface area contributed by atoms with E-state index in [9.17, 15) is 9.59 Å². The molecule has 0 radical (unpaired) electrons. The fourth-order valence-corrected chi connectivity index (χ4v) is 1.19. The van der Waals surface area contributed by atoms with E-state index in [1.54, 1.807) is 0 Å². The standard InChI is InChI=1S/C10H18N4O3/c1-10(2,6-15)5-11-7-8(16)13(3)9(17)14(4)12-7/h15H,5-6H2,1-4H3,(H,11,12). The smallest absolute Gasteiger partial charge is 0.346 e. The molecule has 0 spiro atoms. The third kappa shape index (κ3) is 2.94. The number of hydrogen-bond donors (Lipinski definition) is 2. The molecule has 1 aromatic rings. The first-order valence-electron chi connectivity index (χ1n) is 5.27. The number of anilines is 1. The highest BCUT2D eigenvalue weighted by atomic mass is 16.3. The highest BCUT2D eigenvalue weighted by molar-refractivity contribution is 5.29. The highest BCUT2D eigenvalue weighted by Crippen LogP contribution is 2.12. The minimum Gasteiger partial charge on any atom is -0.396 e. The Morgan fingerprint density at radius 3 is 2.47 bits per heavy atom. The maximum Gasteiger partial charge on any atom is 0.346 e. The Kier molecular flexibility index (Phi) is 3.72. The van der Waals surface area contributed by atoms with Crippen LogP contribution in [-0.2, 0) is 14.1 Å². The number of aliphatic hydroxyl groups excluding tert-OH is 1. The Labute approximate surface area is 98.7 Å². The van der Waals surface area contributed by atoms with Crippen molar-refractivity contribution >= 4 is 5.82 Å². The first-order valence-corrected chi connectivity index (χ1v) is 5.27. The first-order chi connectivity index (χ1) is 7.78. The Morgan fingerprint density at radius 1 is 1.35 bits per heavy atom. The number of aliphatic hydroxyl groups is 1. The number of aromatic nitrogens is 3. The maximum atomic E-state index is 11.7. The lowest BCUT2D eigenvalue weighted by molar-refractivity contribution is 0.170. The van der Waals surface area contributed by atoms with Crippen molar-refractivity contribution in [3.05, 3.63) is 20.8 Å². The van der Waals surface area contributed by atoms with E-state index in [2.05, 4.69) is 10.4 Å². The molecule has 2 N–H and O–H groups in total. The molecule has 0 unspecified atom stereocenters. The van der Waals surface area contributed by atoms with Gasteiger partial charge in [0.15, 0.2) is 0 Å². The molecular weight excluding hydrogens is 224 g/mol. The second-order valence-electron chi connectivity index (χ2n) is 4.79. The number of rotatable bonds is 4. The van der Waals surface area contributed by atoms with Crippen molar-refractivity contribution in [1.29, 1.82) is 0 Å².